The van der Waals surface area contributed by atoms with Crippen molar-refractivity contribution in [2.24, 2.45) is 10.9 Å². The van der Waals surface area contributed by atoms with Gasteiger partial charge in [0.2, 0.25) is 0 Å². The smallest absolute Gasteiger partial charge is 0.0617 e. The lowest BCUT2D eigenvalue weighted by molar-refractivity contribution is 0.307. The van der Waals surface area contributed by atoms with Crippen LogP contribution in [0.25, 0.3) is 0 Å². The molecule has 0 aliphatic carbocycles. The highest BCUT2D eigenvalue weighted by atomic mass is 16.3. The summed E-state index contributed by atoms with van der Waals surface area (Å²) in [6.07, 6.45) is 2.01. The number of nitrogens with zero attached hydrogens (tertiary/aromatic N) is 1. The highest BCUT2D eigenvalue weighted by Gasteiger charge is 1.87. The zero-order valence-electron chi connectivity index (χ0n) is 4.67. The van der Waals surface area contributed by atoms with Crippen molar-refractivity contribution in [3.63, 3.8) is 0 Å². The van der Waals surface area contributed by atoms with E-state index in [9.17, 15) is 0 Å². The molecule has 0 aromatic heterocycles. The number of allylic oxidation sites excluding steroid dienone is 1. The third kappa shape index (κ3) is 2.36. The van der Waals surface area contributed by atoms with Gasteiger partial charge >= 0.3 is 0 Å². The minimum absolute atomic E-state index is 0.0715. The average molecular weight is 114 g/mol. The minimum Gasteiger partial charge on any atom is -0.396 e. The molecule has 3 nitrogen and oxygen atoms in total. The van der Waals surface area contributed by atoms with Crippen LogP contribution in [0.15, 0.2) is 17.8 Å². The quantitative estimate of drug-likeness (QED) is 0.305. The van der Waals surface area contributed by atoms with Gasteiger partial charge in [-0.2, -0.15) is 5.10 Å². The summed E-state index contributed by atoms with van der Waals surface area (Å²) < 4.78 is 0. The van der Waals surface area contributed by atoms with Crippen LogP contribution in [0.5, 0.6) is 0 Å². The maximum atomic E-state index is 8.31. The van der Waals surface area contributed by atoms with Gasteiger partial charge in [0, 0.05) is 13.0 Å². The van der Waals surface area contributed by atoms with E-state index in [-0.39, 0.29) is 6.61 Å². The Kier molecular flexibility index (Phi) is 3.88. The van der Waals surface area contributed by atoms with E-state index in [1.165, 1.54) is 6.08 Å². The van der Waals surface area contributed by atoms with Crippen LogP contribution in [-0.2, 0) is 0 Å². The topological polar surface area (TPSA) is 58.6 Å². The maximum absolute atomic E-state index is 8.31. The molecule has 0 bridgehead atoms. The van der Waals surface area contributed by atoms with Crippen molar-refractivity contribution < 1.29 is 5.11 Å². The number of hydrogen-bond donors (Lipinski definition) is 2. The molecular weight excluding hydrogens is 104 g/mol. The Balaban J connectivity index is 3.54. The summed E-state index contributed by atoms with van der Waals surface area (Å²) in [5, 5.41) is 11.6. The first kappa shape index (κ1) is 7.17. The number of nitrogens with two attached hydrogens (primary N) is 1. The third-order valence-corrected chi connectivity index (χ3v) is 0.769. The van der Waals surface area contributed by atoms with Crippen LogP contribution in [0.1, 0.15) is 6.42 Å². The lowest BCUT2D eigenvalue weighted by Crippen LogP contribution is -1.99. The van der Waals surface area contributed by atoms with Crippen molar-refractivity contribution in [1.82, 2.24) is 0 Å². The van der Waals surface area contributed by atoms with Crippen LogP contribution in [-0.4, -0.2) is 17.4 Å². The Morgan fingerprint density at radius 3 is 2.62 bits per heavy atom. The molecule has 0 rings (SSSR count). The Morgan fingerprint density at radius 2 is 2.50 bits per heavy atom. The highest BCUT2D eigenvalue weighted by Crippen LogP contribution is 1.82. The van der Waals surface area contributed by atoms with Crippen LogP contribution < -0.4 is 5.84 Å². The molecule has 0 atom stereocenters. The largest absolute Gasteiger partial charge is 0.396 e. The number of hydrazone groups is 1. The second-order valence-electron chi connectivity index (χ2n) is 1.30. The first-order valence-electron chi connectivity index (χ1n) is 2.35. The molecule has 0 radical (unpaired) electrons. The summed E-state index contributed by atoms with van der Waals surface area (Å²) in [7, 11) is 0. The van der Waals surface area contributed by atoms with E-state index >= 15 is 0 Å². The normalized spacial score (nSPS) is 11.4. The summed E-state index contributed by atoms with van der Waals surface area (Å²) >= 11 is 0. The highest BCUT2D eigenvalue weighted by molar-refractivity contribution is 5.94. The van der Waals surface area contributed by atoms with Gasteiger partial charge < -0.3 is 10.9 Å². The Hall–Kier alpha value is -0.830. The van der Waals surface area contributed by atoms with Crippen LogP contribution in [0.4, 0.5) is 0 Å². The summed E-state index contributed by atoms with van der Waals surface area (Å²) in [5.74, 6) is 4.87. The van der Waals surface area contributed by atoms with E-state index in [1.54, 1.807) is 0 Å². The Bertz CT molecular complexity index is 98.6. The molecule has 0 spiro atoms. The fourth-order valence-corrected chi connectivity index (χ4v) is 0.334. The summed E-state index contributed by atoms with van der Waals surface area (Å²) in [5.41, 5.74) is 0.632. The fourth-order valence-electron chi connectivity index (χ4n) is 0.334. The van der Waals surface area contributed by atoms with Gasteiger partial charge in [0.1, 0.15) is 0 Å². The van der Waals surface area contributed by atoms with Crippen molar-refractivity contribution in [3.8, 4) is 0 Å². The predicted molar refractivity (Wildman–Crippen MR) is 33.5 cm³/mol. The SMILES string of the molecule is C=C/C(CCO)=N\N. The zero-order chi connectivity index (χ0) is 6.41. The number of hydrogen-bond acceptors (Lipinski definition) is 3. The molecule has 0 aromatic carbocycles. The monoisotopic (exact) mass is 114 g/mol. The van der Waals surface area contributed by atoms with Gasteiger partial charge in [-0.15, -0.1) is 0 Å². The molecule has 46 valence electrons. The van der Waals surface area contributed by atoms with Gasteiger partial charge in [0.25, 0.3) is 0 Å². The molecule has 0 saturated heterocycles. The predicted octanol–water partition coefficient (Wildman–Crippen LogP) is -0.130. The number of aliphatic hydroxyl groups is 1. The van der Waals surface area contributed by atoms with Gasteiger partial charge in [0.15, 0.2) is 0 Å². The van der Waals surface area contributed by atoms with Crippen LogP contribution >= 0.6 is 0 Å². The fraction of sp³-hybridized carbons (Fsp3) is 0.400. The summed E-state index contributed by atoms with van der Waals surface area (Å²) in [4.78, 5) is 0. The molecule has 0 saturated carbocycles. The molecule has 0 aromatic rings. The Labute approximate surface area is 48.5 Å². The standard InChI is InChI=1S/C5H10N2O/c1-2-5(7-6)3-4-8/h2,8H,1,3-4,6H2/b7-5+. The van der Waals surface area contributed by atoms with Crippen LogP contribution in [0.2, 0.25) is 0 Å². The zero-order valence-corrected chi connectivity index (χ0v) is 4.67. The maximum Gasteiger partial charge on any atom is 0.0617 e. The van der Waals surface area contributed by atoms with Gasteiger partial charge in [-0.1, -0.05) is 6.58 Å². The molecule has 3 heteroatoms. The van der Waals surface area contributed by atoms with E-state index in [4.69, 9.17) is 10.9 Å². The molecular formula is C5H10N2O. The first-order valence-corrected chi connectivity index (χ1v) is 2.35. The van der Waals surface area contributed by atoms with E-state index in [0.717, 1.165) is 0 Å². The van der Waals surface area contributed by atoms with Gasteiger partial charge in [0.05, 0.1) is 5.71 Å². The van der Waals surface area contributed by atoms with E-state index in [0.29, 0.717) is 12.1 Å². The van der Waals surface area contributed by atoms with Crippen molar-refractivity contribution in [3.05, 3.63) is 12.7 Å². The van der Waals surface area contributed by atoms with Crippen molar-refractivity contribution in [2.75, 3.05) is 6.61 Å². The summed E-state index contributed by atoms with van der Waals surface area (Å²) in [6.45, 7) is 3.50. The van der Waals surface area contributed by atoms with Gasteiger partial charge in [-0.25, -0.2) is 0 Å². The minimum atomic E-state index is 0.0715. The summed E-state index contributed by atoms with van der Waals surface area (Å²) in [6, 6.07) is 0. The van der Waals surface area contributed by atoms with E-state index < -0.39 is 0 Å². The lowest BCUT2D eigenvalue weighted by Gasteiger charge is -1.90. The lowest BCUT2D eigenvalue weighted by atomic mass is 10.3. The molecule has 3 N–H and O–H groups in total. The van der Waals surface area contributed by atoms with Crippen molar-refractivity contribution in [2.45, 2.75) is 6.42 Å². The van der Waals surface area contributed by atoms with Crippen LogP contribution in [0.3, 0.4) is 0 Å². The third-order valence-electron chi connectivity index (χ3n) is 0.769. The van der Waals surface area contributed by atoms with Crippen molar-refractivity contribution >= 4 is 5.71 Å². The molecule has 0 aliphatic rings. The molecule has 0 unspecified atom stereocenters. The first-order chi connectivity index (χ1) is 3.85. The van der Waals surface area contributed by atoms with Gasteiger partial charge in [-0.05, 0) is 6.08 Å². The molecule has 0 fully saturated rings. The Morgan fingerprint density at radius 1 is 1.88 bits per heavy atom. The van der Waals surface area contributed by atoms with Crippen LogP contribution in [0, 0.1) is 0 Å². The average Bonchev–Trinajstić information content (AvgIpc) is 1.83. The number of aliphatic hydroxyl groups excluding tert-OH is 1. The second-order valence-corrected chi connectivity index (χ2v) is 1.30. The van der Waals surface area contributed by atoms with E-state index in [1.807, 2.05) is 0 Å². The molecule has 0 amide bonds. The molecule has 0 heterocycles. The van der Waals surface area contributed by atoms with E-state index in [2.05, 4.69) is 11.7 Å². The van der Waals surface area contributed by atoms with Gasteiger partial charge in [-0.3, -0.25) is 0 Å². The number of rotatable bonds is 3. The van der Waals surface area contributed by atoms with Crippen molar-refractivity contribution in [1.29, 1.82) is 0 Å². The molecule has 8 heavy (non-hydrogen) atoms. The molecule has 0 aliphatic heterocycles. The second kappa shape index (κ2) is 4.33.